The summed E-state index contributed by atoms with van der Waals surface area (Å²) >= 11 is 0. The molecule has 4 heterocycles. The van der Waals surface area contributed by atoms with E-state index >= 15 is 0 Å². The second-order valence-electron chi connectivity index (χ2n) is 8.33. The molecule has 28 heavy (non-hydrogen) atoms. The van der Waals surface area contributed by atoms with Crippen molar-refractivity contribution in [1.29, 1.82) is 0 Å². The van der Waals surface area contributed by atoms with Gasteiger partial charge in [0, 0.05) is 44.7 Å². The first-order chi connectivity index (χ1) is 13.6. The summed E-state index contributed by atoms with van der Waals surface area (Å²) in [5.41, 5.74) is 2.09. The first-order valence-corrected chi connectivity index (χ1v) is 10.7. The Bertz CT molecular complexity index is 730. The summed E-state index contributed by atoms with van der Waals surface area (Å²) in [6, 6.07) is 0.00509. The van der Waals surface area contributed by atoms with E-state index in [1.807, 2.05) is 16.0 Å². The van der Waals surface area contributed by atoms with Crippen LogP contribution in [-0.2, 0) is 22.6 Å². The van der Waals surface area contributed by atoms with E-state index < -0.39 is 0 Å². The van der Waals surface area contributed by atoms with Crippen LogP contribution in [0.15, 0.2) is 6.20 Å². The van der Waals surface area contributed by atoms with Crippen LogP contribution >= 0.6 is 0 Å². The van der Waals surface area contributed by atoms with Gasteiger partial charge in [-0.05, 0) is 38.8 Å². The minimum absolute atomic E-state index is 0.00509. The van der Waals surface area contributed by atoms with Crippen LogP contribution in [0, 0.1) is 0 Å². The standard InChI is InChI=1S/C21H31N5O2/c1-16(27)26-11-6-7-19(26)21-22-13-17-14-25(12-8-18(17)23-21)20(28)15-24-9-4-2-3-5-10-24/h13,19H,2-12,14-15H2,1H3/t19-/m1/s1. The number of aromatic nitrogens is 2. The van der Waals surface area contributed by atoms with Crippen LogP contribution in [-0.4, -0.2) is 69.2 Å². The second kappa shape index (κ2) is 8.55. The molecule has 0 radical (unpaired) electrons. The molecule has 152 valence electrons. The van der Waals surface area contributed by atoms with Gasteiger partial charge in [0.15, 0.2) is 5.82 Å². The van der Waals surface area contributed by atoms with Crippen LogP contribution < -0.4 is 0 Å². The lowest BCUT2D eigenvalue weighted by molar-refractivity contribution is -0.133. The van der Waals surface area contributed by atoms with Crippen molar-refractivity contribution in [1.82, 2.24) is 24.7 Å². The fourth-order valence-corrected chi connectivity index (χ4v) is 4.70. The Balaban J connectivity index is 1.40. The lowest BCUT2D eigenvalue weighted by atomic mass is 10.1. The SMILES string of the molecule is CC(=O)N1CCC[C@@H]1c1ncc2c(n1)CCN(C(=O)CN1CCCCCC1)C2. The zero-order valence-electron chi connectivity index (χ0n) is 16.9. The highest BCUT2D eigenvalue weighted by molar-refractivity contribution is 5.78. The topological polar surface area (TPSA) is 69.6 Å². The molecule has 1 atom stereocenters. The zero-order valence-corrected chi connectivity index (χ0v) is 16.9. The summed E-state index contributed by atoms with van der Waals surface area (Å²) in [7, 11) is 0. The molecular formula is C21H31N5O2. The molecule has 0 unspecified atom stereocenters. The Hall–Kier alpha value is -2.02. The van der Waals surface area contributed by atoms with Crippen LogP contribution in [0.4, 0.5) is 0 Å². The number of carbonyl (C=O) groups excluding carboxylic acids is 2. The average molecular weight is 386 g/mol. The zero-order chi connectivity index (χ0) is 19.5. The van der Waals surface area contributed by atoms with Crippen LogP contribution in [0.2, 0.25) is 0 Å². The van der Waals surface area contributed by atoms with Gasteiger partial charge in [-0.15, -0.1) is 0 Å². The van der Waals surface area contributed by atoms with Crippen molar-refractivity contribution in [2.75, 3.05) is 32.7 Å². The Labute approximate surface area is 167 Å². The number of hydrogen-bond acceptors (Lipinski definition) is 5. The molecule has 4 rings (SSSR count). The molecule has 0 aliphatic carbocycles. The summed E-state index contributed by atoms with van der Waals surface area (Å²) in [5.74, 6) is 1.07. The maximum Gasteiger partial charge on any atom is 0.237 e. The highest BCUT2D eigenvalue weighted by atomic mass is 16.2. The first-order valence-electron chi connectivity index (χ1n) is 10.7. The molecule has 2 fully saturated rings. The summed E-state index contributed by atoms with van der Waals surface area (Å²) in [5, 5.41) is 0. The first kappa shape index (κ1) is 19.3. The Morgan fingerprint density at radius 3 is 2.61 bits per heavy atom. The van der Waals surface area contributed by atoms with Gasteiger partial charge in [-0.25, -0.2) is 9.97 Å². The van der Waals surface area contributed by atoms with Crippen molar-refractivity contribution < 1.29 is 9.59 Å². The monoisotopic (exact) mass is 385 g/mol. The van der Waals surface area contributed by atoms with Gasteiger partial charge in [0.05, 0.1) is 18.3 Å². The lowest BCUT2D eigenvalue weighted by Crippen LogP contribution is -2.43. The Morgan fingerprint density at radius 1 is 1.07 bits per heavy atom. The van der Waals surface area contributed by atoms with Gasteiger partial charge < -0.3 is 9.80 Å². The molecule has 0 bridgehead atoms. The van der Waals surface area contributed by atoms with Crippen LogP contribution in [0.25, 0.3) is 0 Å². The Morgan fingerprint density at radius 2 is 1.86 bits per heavy atom. The third-order valence-electron chi connectivity index (χ3n) is 6.32. The van der Waals surface area contributed by atoms with Crippen molar-refractivity contribution in [2.45, 2.75) is 64.5 Å². The predicted octanol–water partition coefficient (Wildman–Crippen LogP) is 1.92. The van der Waals surface area contributed by atoms with Gasteiger partial charge in [0.25, 0.3) is 0 Å². The minimum atomic E-state index is 0.00509. The molecule has 0 saturated carbocycles. The van der Waals surface area contributed by atoms with Gasteiger partial charge in [-0.3, -0.25) is 14.5 Å². The number of fused-ring (bicyclic) bond motifs is 1. The van der Waals surface area contributed by atoms with E-state index in [2.05, 4.69) is 9.88 Å². The van der Waals surface area contributed by atoms with E-state index in [0.29, 0.717) is 13.1 Å². The molecule has 0 aromatic carbocycles. The van der Waals surface area contributed by atoms with Crippen LogP contribution in [0.3, 0.4) is 0 Å². The second-order valence-corrected chi connectivity index (χ2v) is 8.33. The molecular weight excluding hydrogens is 354 g/mol. The lowest BCUT2D eigenvalue weighted by Gasteiger charge is -2.31. The fourth-order valence-electron chi connectivity index (χ4n) is 4.70. The Kier molecular flexibility index (Phi) is 5.90. The summed E-state index contributed by atoms with van der Waals surface area (Å²) in [6.45, 7) is 6.33. The molecule has 2 saturated heterocycles. The molecule has 7 nitrogen and oxygen atoms in total. The maximum atomic E-state index is 12.8. The van der Waals surface area contributed by atoms with Crippen molar-refractivity contribution in [3.05, 3.63) is 23.3 Å². The minimum Gasteiger partial charge on any atom is -0.337 e. The van der Waals surface area contributed by atoms with Crippen molar-refractivity contribution in [3.63, 3.8) is 0 Å². The highest BCUT2D eigenvalue weighted by Gasteiger charge is 2.31. The molecule has 2 amide bonds. The maximum absolute atomic E-state index is 12.8. The quantitative estimate of drug-likeness (QED) is 0.795. The third-order valence-corrected chi connectivity index (χ3v) is 6.32. The molecule has 1 aromatic rings. The van der Waals surface area contributed by atoms with E-state index in [9.17, 15) is 9.59 Å². The van der Waals surface area contributed by atoms with Gasteiger partial charge in [0.1, 0.15) is 0 Å². The number of nitrogens with zero attached hydrogens (tertiary/aromatic N) is 5. The number of likely N-dealkylation sites (tertiary alicyclic amines) is 2. The van der Waals surface area contributed by atoms with Crippen molar-refractivity contribution in [3.8, 4) is 0 Å². The van der Waals surface area contributed by atoms with Gasteiger partial charge in [-0.2, -0.15) is 0 Å². The van der Waals surface area contributed by atoms with E-state index in [1.54, 1.807) is 6.92 Å². The van der Waals surface area contributed by atoms with Crippen LogP contribution in [0.5, 0.6) is 0 Å². The normalized spacial score (nSPS) is 23.4. The van der Waals surface area contributed by atoms with Crippen molar-refractivity contribution >= 4 is 11.8 Å². The number of carbonyl (C=O) groups is 2. The molecule has 7 heteroatoms. The number of hydrogen-bond donors (Lipinski definition) is 0. The number of amides is 2. The van der Waals surface area contributed by atoms with E-state index in [0.717, 1.165) is 62.5 Å². The number of rotatable bonds is 3. The molecule has 0 N–H and O–H groups in total. The van der Waals surface area contributed by atoms with Crippen molar-refractivity contribution in [2.24, 2.45) is 0 Å². The summed E-state index contributed by atoms with van der Waals surface area (Å²) in [4.78, 5) is 40.1. The largest absolute Gasteiger partial charge is 0.337 e. The highest BCUT2D eigenvalue weighted by Crippen LogP contribution is 2.30. The average Bonchev–Trinajstić information content (AvgIpc) is 3.06. The summed E-state index contributed by atoms with van der Waals surface area (Å²) < 4.78 is 0. The van der Waals surface area contributed by atoms with E-state index in [-0.39, 0.29) is 17.9 Å². The molecule has 0 spiro atoms. The van der Waals surface area contributed by atoms with Gasteiger partial charge >= 0.3 is 0 Å². The molecule has 3 aliphatic rings. The smallest absolute Gasteiger partial charge is 0.237 e. The van der Waals surface area contributed by atoms with E-state index in [4.69, 9.17) is 4.98 Å². The molecule has 3 aliphatic heterocycles. The van der Waals surface area contributed by atoms with Gasteiger partial charge in [-0.1, -0.05) is 12.8 Å². The van der Waals surface area contributed by atoms with E-state index in [1.165, 1.54) is 25.7 Å². The fraction of sp³-hybridized carbons (Fsp3) is 0.714. The van der Waals surface area contributed by atoms with Crippen LogP contribution in [0.1, 0.15) is 68.6 Å². The summed E-state index contributed by atoms with van der Waals surface area (Å²) in [6.07, 6.45) is 9.54. The van der Waals surface area contributed by atoms with Gasteiger partial charge in [0.2, 0.25) is 11.8 Å². The molecule has 1 aromatic heterocycles. The third kappa shape index (κ3) is 4.19. The predicted molar refractivity (Wildman–Crippen MR) is 105 cm³/mol.